The van der Waals surface area contributed by atoms with E-state index < -0.39 is 0 Å². The van der Waals surface area contributed by atoms with Crippen LogP contribution >= 0.6 is 0 Å². The van der Waals surface area contributed by atoms with Gasteiger partial charge in [-0.05, 0) is 48.6 Å². The van der Waals surface area contributed by atoms with Gasteiger partial charge in [-0.3, -0.25) is 0 Å². The van der Waals surface area contributed by atoms with Gasteiger partial charge < -0.3 is 4.74 Å². The number of aryl methyl sites for hydroxylation is 3. The smallest absolute Gasteiger partial charge is 0.0874 e. The predicted octanol–water partition coefficient (Wildman–Crippen LogP) is 5.16. The van der Waals surface area contributed by atoms with Crippen molar-refractivity contribution in [3.63, 3.8) is 0 Å². The van der Waals surface area contributed by atoms with Gasteiger partial charge in [0.25, 0.3) is 0 Å². The summed E-state index contributed by atoms with van der Waals surface area (Å²) in [7, 11) is 0. The quantitative estimate of drug-likeness (QED) is 0.737. The van der Waals surface area contributed by atoms with Crippen LogP contribution in [-0.4, -0.2) is 6.61 Å². The van der Waals surface area contributed by atoms with Crippen LogP contribution in [0.4, 0.5) is 0 Å². The lowest BCUT2D eigenvalue weighted by atomic mass is 9.89. The average molecular weight is 278 g/mol. The highest BCUT2D eigenvalue weighted by Gasteiger charge is 2.22. The first kappa shape index (κ1) is 14.1. The Hall–Kier alpha value is -1.86. The molecule has 2 aromatic rings. The van der Waals surface area contributed by atoms with E-state index in [1.54, 1.807) is 0 Å². The standard InChI is InChI=1S/C20H22O/c1-14-11-15(2)20(16(3)12-14)19-13-18(9-10-21-19)17-7-5-4-6-8-17/h4-9,11-12,19H,10,13H2,1-3H3. The first-order chi connectivity index (χ1) is 10.1. The minimum absolute atomic E-state index is 0.172. The highest BCUT2D eigenvalue weighted by Crippen LogP contribution is 2.36. The zero-order valence-corrected chi connectivity index (χ0v) is 13.0. The number of benzene rings is 2. The van der Waals surface area contributed by atoms with Gasteiger partial charge in [0.05, 0.1) is 12.7 Å². The van der Waals surface area contributed by atoms with E-state index in [1.807, 2.05) is 0 Å². The summed E-state index contributed by atoms with van der Waals surface area (Å²) in [4.78, 5) is 0. The topological polar surface area (TPSA) is 9.23 Å². The summed E-state index contributed by atoms with van der Waals surface area (Å²) < 4.78 is 6.04. The molecular formula is C20H22O. The van der Waals surface area contributed by atoms with E-state index in [0.29, 0.717) is 6.61 Å². The summed E-state index contributed by atoms with van der Waals surface area (Å²) in [5.41, 5.74) is 8.07. The lowest BCUT2D eigenvalue weighted by molar-refractivity contribution is 0.0699. The fraction of sp³-hybridized carbons (Fsp3) is 0.300. The molecule has 1 aliphatic heterocycles. The van der Waals surface area contributed by atoms with E-state index in [0.717, 1.165) is 6.42 Å². The monoisotopic (exact) mass is 278 g/mol. The van der Waals surface area contributed by atoms with Crippen LogP contribution in [0.1, 0.15) is 40.3 Å². The van der Waals surface area contributed by atoms with E-state index in [9.17, 15) is 0 Å². The molecule has 0 spiro atoms. The summed E-state index contributed by atoms with van der Waals surface area (Å²) in [6.45, 7) is 7.24. The van der Waals surface area contributed by atoms with Crippen molar-refractivity contribution in [2.45, 2.75) is 33.3 Å². The Balaban J connectivity index is 1.91. The summed E-state index contributed by atoms with van der Waals surface area (Å²) in [6, 6.07) is 15.1. The molecule has 0 radical (unpaired) electrons. The average Bonchev–Trinajstić information content (AvgIpc) is 2.47. The minimum atomic E-state index is 0.172. The number of ether oxygens (including phenoxy) is 1. The molecule has 21 heavy (non-hydrogen) atoms. The molecule has 0 aliphatic carbocycles. The molecule has 108 valence electrons. The van der Waals surface area contributed by atoms with Gasteiger partial charge in [0.15, 0.2) is 0 Å². The van der Waals surface area contributed by atoms with Gasteiger partial charge in [-0.15, -0.1) is 0 Å². The second kappa shape index (κ2) is 5.87. The largest absolute Gasteiger partial charge is 0.369 e. The minimum Gasteiger partial charge on any atom is -0.369 e. The first-order valence-corrected chi connectivity index (χ1v) is 7.59. The van der Waals surface area contributed by atoms with Gasteiger partial charge >= 0.3 is 0 Å². The van der Waals surface area contributed by atoms with Crippen molar-refractivity contribution < 1.29 is 4.74 Å². The summed E-state index contributed by atoms with van der Waals surface area (Å²) in [5.74, 6) is 0. The molecular weight excluding hydrogens is 256 g/mol. The number of hydrogen-bond donors (Lipinski definition) is 0. The van der Waals surface area contributed by atoms with E-state index in [1.165, 1.54) is 33.4 Å². The zero-order valence-electron chi connectivity index (χ0n) is 13.0. The Morgan fingerprint density at radius 2 is 1.62 bits per heavy atom. The van der Waals surface area contributed by atoms with Crippen LogP contribution in [0.25, 0.3) is 5.57 Å². The summed E-state index contributed by atoms with van der Waals surface area (Å²) >= 11 is 0. The van der Waals surface area contributed by atoms with Crippen molar-refractivity contribution in [2.75, 3.05) is 6.61 Å². The third kappa shape index (κ3) is 2.93. The molecule has 0 bridgehead atoms. The third-order valence-electron chi connectivity index (χ3n) is 4.24. The highest BCUT2D eigenvalue weighted by atomic mass is 16.5. The van der Waals surface area contributed by atoms with Gasteiger partial charge in [-0.25, -0.2) is 0 Å². The maximum Gasteiger partial charge on any atom is 0.0874 e. The molecule has 1 aliphatic rings. The fourth-order valence-electron chi connectivity index (χ4n) is 3.38. The molecule has 3 rings (SSSR count). The van der Waals surface area contributed by atoms with Crippen LogP contribution in [0.15, 0.2) is 48.5 Å². The Morgan fingerprint density at radius 1 is 0.952 bits per heavy atom. The number of hydrogen-bond acceptors (Lipinski definition) is 1. The molecule has 1 atom stereocenters. The Morgan fingerprint density at radius 3 is 2.29 bits per heavy atom. The molecule has 0 saturated heterocycles. The Labute approximate surface area is 127 Å². The van der Waals surface area contributed by atoms with E-state index >= 15 is 0 Å². The lowest BCUT2D eigenvalue weighted by Gasteiger charge is -2.27. The maximum atomic E-state index is 6.04. The summed E-state index contributed by atoms with van der Waals surface area (Å²) in [6.07, 6.45) is 3.34. The van der Waals surface area contributed by atoms with Crippen molar-refractivity contribution in [3.8, 4) is 0 Å². The van der Waals surface area contributed by atoms with Crippen molar-refractivity contribution in [3.05, 3.63) is 76.4 Å². The molecule has 0 aromatic heterocycles. The van der Waals surface area contributed by atoms with E-state index in [2.05, 4.69) is 69.3 Å². The third-order valence-corrected chi connectivity index (χ3v) is 4.24. The second-order valence-corrected chi connectivity index (χ2v) is 5.93. The van der Waals surface area contributed by atoms with Crippen molar-refractivity contribution in [1.29, 1.82) is 0 Å². The SMILES string of the molecule is Cc1cc(C)c(C2CC(c3ccccc3)=CCO2)c(C)c1. The van der Waals surface area contributed by atoms with Gasteiger partial charge in [0, 0.05) is 6.42 Å². The highest BCUT2D eigenvalue weighted by molar-refractivity contribution is 5.67. The molecule has 1 heteroatoms. The maximum absolute atomic E-state index is 6.04. The van der Waals surface area contributed by atoms with Crippen molar-refractivity contribution >= 4 is 5.57 Å². The molecule has 0 fully saturated rings. The fourth-order valence-corrected chi connectivity index (χ4v) is 3.38. The Bertz CT molecular complexity index is 644. The van der Waals surface area contributed by atoms with Crippen LogP contribution in [-0.2, 0) is 4.74 Å². The normalized spacial score (nSPS) is 18.4. The van der Waals surface area contributed by atoms with Crippen LogP contribution < -0.4 is 0 Å². The van der Waals surface area contributed by atoms with E-state index in [-0.39, 0.29) is 6.10 Å². The molecule has 1 heterocycles. The van der Waals surface area contributed by atoms with Crippen LogP contribution in [0.5, 0.6) is 0 Å². The molecule has 0 N–H and O–H groups in total. The van der Waals surface area contributed by atoms with Crippen molar-refractivity contribution in [2.24, 2.45) is 0 Å². The molecule has 0 saturated carbocycles. The molecule has 2 aromatic carbocycles. The van der Waals surface area contributed by atoms with Gasteiger partial charge in [0.2, 0.25) is 0 Å². The molecule has 1 unspecified atom stereocenters. The van der Waals surface area contributed by atoms with Crippen LogP contribution in [0.3, 0.4) is 0 Å². The zero-order chi connectivity index (χ0) is 14.8. The van der Waals surface area contributed by atoms with E-state index in [4.69, 9.17) is 4.74 Å². The molecule has 1 nitrogen and oxygen atoms in total. The van der Waals surface area contributed by atoms with Crippen LogP contribution in [0.2, 0.25) is 0 Å². The van der Waals surface area contributed by atoms with Gasteiger partial charge in [-0.2, -0.15) is 0 Å². The van der Waals surface area contributed by atoms with Crippen molar-refractivity contribution in [1.82, 2.24) is 0 Å². The summed E-state index contributed by atoms with van der Waals surface area (Å²) in [5, 5.41) is 0. The molecule has 0 amide bonds. The lowest BCUT2D eigenvalue weighted by Crippen LogP contribution is -2.13. The second-order valence-electron chi connectivity index (χ2n) is 5.93. The number of rotatable bonds is 2. The Kier molecular flexibility index (Phi) is 3.94. The van der Waals surface area contributed by atoms with Gasteiger partial charge in [-0.1, -0.05) is 54.1 Å². The first-order valence-electron chi connectivity index (χ1n) is 7.59. The van der Waals surface area contributed by atoms with Gasteiger partial charge in [0.1, 0.15) is 0 Å². The predicted molar refractivity (Wildman–Crippen MR) is 88.4 cm³/mol. The van der Waals surface area contributed by atoms with Crippen LogP contribution in [0, 0.1) is 20.8 Å².